The number of aliphatic carboxylic acids is 1. The zero-order chi connectivity index (χ0) is 21.0. The van der Waals surface area contributed by atoms with Crippen LogP contribution in [-0.2, 0) is 11.3 Å². The second kappa shape index (κ2) is 8.57. The SMILES string of the molecule is Cc1c(CNc2ccc(OCC[C@H](N)C(=O)O)cc2)cnc2nc(N)nc(N)c12. The van der Waals surface area contributed by atoms with Gasteiger partial charge in [-0.15, -0.1) is 0 Å². The highest BCUT2D eigenvalue weighted by atomic mass is 16.5. The fourth-order valence-electron chi connectivity index (χ4n) is 2.80. The molecule has 0 saturated carbocycles. The van der Waals surface area contributed by atoms with E-state index in [1.54, 1.807) is 18.3 Å². The number of nitrogens with one attached hydrogen (secondary N) is 1. The van der Waals surface area contributed by atoms with Gasteiger partial charge in [0.15, 0.2) is 5.65 Å². The highest BCUT2D eigenvalue weighted by Gasteiger charge is 2.12. The smallest absolute Gasteiger partial charge is 0.320 e. The van der Waals surface area contributed by atoms with Crippen LogP contribution in [0.2, 0.25) is 0 Å². The molecule has 0 spiro atoms. The summed E-state index contributed by atoms with van der Waals surface area (Å²) in [5.41, 5.74) is 20.3. The van der Waals surface area contributed by atoms with Crippen LogP contribution >= 0.6 is 0 Å². The molecule has 0 aliphatic carbocycles. The number of pyridine rings is 1. The van der Waals surface area contributed by atoms with E-state index in [1.165, 1.54) is 0 Å². The van der Waals surface area contributed by atoms with E-state index in [0.29, 0.717) is 29.1 Å². The van der Waals surface area contributed by atoms with Gasteiger partial charge in [0, 0.05) is 24.8 Å². The first-order valence-electron chi connectivity index (χ1n) is 8.97. The Kier molecular flexibility index (Phi) is 5.93. The number of nitrogens with two attached hydrogens (primary N) is 3. The number of carboxylic acid groups (broad SMARTS) is 1. The first-order chi connectivity index (χ1) is 13.8. The fourth-order valence-corrected chi connectivity index (χ4v) is 2.80. The molecule has 8 N–H and O–H groups in total. The Labute approximate surface area is 167 Å². The van der Waals surface area contributed by atoms with E-state index < -0.39 is 12.0 Å². The lowest BCUT2D eigenvalue weighted by Crippen LogP contribution is -2.31. The highest BCUT2D eigenvalue weighted by molar-refractivity contribution is 5.90. The van der Waals surface area contributed by atoms with Crippen molar-refractivity contribution >= 4 is 34.5 Å². The summed E-state index contributed by atoms with van der Waals surface area (Å²) in [4.78, 5) is 23.1. The predicted octanol–water partition coefficient (Wildman–Crippen LogP) is 1.29. The van der Waals surface area contributed by atoms with Crippen molar-refractivity contribution in [3.63, 3.8) is 0 Å². The number of aromatic nitrogens is 3. The van der Waals surface area contributed by atoms with Crippen molar-refractivity contribution < 1.29 is 14.6 Å². The average molecular weight is 397 g/mol. The van der Waals surface area contributed by atoms with Gasteiger partial charge in [-0.25, -0.2) is 4.98 Å². The van der Waals surface area contributed by atoms with Gasteiger partial charge in [0.2, 0.25) is 5.95 Å². The summed E-state index contributed by atoms with van der Waals surface area (Å²) in [6.07, 6.45) is 1.97. The third kappa shape index (κ3) is 4.79. The van der Waals surface area contributed by atoms with Crippen LogP contribution in [0.4, 0.5) is 17.5 Å². The van der Waals surface area contributed by atoms with Crippen molar-refractivity contribution in [3.05, 3.63) is 41.6 Å². The number of ether oxygens (including phenoxy) is 1. The molecule has 152 valence electrons. The van der Waals surface area contributed by atoms with Crippen LogP contribution in [0.15, 0.2) is 30.5 Å². The summed E-state index contributed by atoms with van der Waals surface area (Å²) < 4.78 is 5.52. The highest BCUT2D eigenvalue weighted by Crippen LogP contribution is 2.24. The lowest BCUT2D eigenvalue weighted by molar-refractivity contribution is -0.138. The van der Waals surface area contributed by atoms with Gasteiger partial charge in [-0.1, -0.05) is 0 Å². The maximum atomic E-state index is 10.7. The minimum Gasteiger partial charge on any atom is -0.494 e. The average Bonchev–Trinajstić information content (AvgIpc) is 2.67. The standard InChI is InChI=1S/C19H23N7O3/c1-10-11(9-24-17-15(10)16(21)25-19(22)26-17)8-23-12-2-4-13(5-3-12)29-7-6-14(20)18(27)28/h2-5,9,14,23H,6-8,20H2,1H3,(H,27,28)(H4,21,22,24,25,26)/t14-/m0/s1. The molecule has 10 heteroatoms. The lowest BCUT2D eigenvalue weighted by atomic mass is 10.1. The molecule has 2 aromatic heterocycles. The normalized spacial score (nSPS) is 11.9. The van der Waals surface area contributed by atoms with Crippen molar-refractivity contribution in [1.82, 2.24) is 15.0 Å². The molecule has 10 nitrogen and oxygen atoms in total. The van der Waals surface area contributed by atoms with Crippen molar-refractivity contribution in [2.75, 3.05) is 23.4 Å². The molecule has 0 radical (unpaired) electrons. The van der Waals surface area contributed by atoms with Gasteiger partial charge in [-0.2, -0.15) is 9.97 Å². The van der Waals surface area contributed by atoms with E-state index in [-0.39, 0.29) is 19.0 Å². The molecule has 0 aliphatic heterocycles. The monoisotopic (exact) mass is 397 g/mol. The molecular weight excluding hydrogens is 374 g/mol. The quantitative estimate of drug-likeness (QED) is 0.372. The number of nitrogens with zero attached hydrogens (tertiary/aromatic N) is 3. The molecule has 0 aliphatic rings. The van der Waals surface area contributed by atoms with Crippen molar-refractivity contribution in [2.45, 2.75) is 25.9 Å². The van der Waals surface area contributed by atoms with Gasteiger partial charge in [-0.3, -0.25) is 4.79 Å². The van der Waals surface area contributed by atoms with E-state index in [4.69, 9.17) is 27.0 Å². The third-order valence-corrected chi connectivity index (χ3v) is 4.49. The minimum absolute atomic E-state index is 0.0972. The molecule has 1 aromatic carbocycles. The summed E-state index contributed by atoms with van der Waals surface area (Å²) in [5.74, 6) is 0.00565. The van der Waals surface area contributed by atoms with Gasteiger partial charge in [0.25, 0.3) is 0 Å². The molecule has 0 unspecified atom stereocenters. The number of fused-ring (bicyclic) bond motifs is 1. The van der Waals surface area contributed by atoms with Crippen LogP contribution < -0.4 is 27.3 Å². The minimum atomic E-state index is -1.04. The maximum absolute atomic E-state index is 10.7. The predicted molar refractivity (Wildman–Crippen MR) is 110 cm³/mol. The van der Waals surface area contributed by atoms with Crippen LogP contribution in [0.25, 0.3) is 11.0 Å². The number of hydrogen-bond acceptors (Lipinski definition) is 9. The molecule has 1 atom stereocenters. The number of benzene rings is 1. The van der Waals surface area contributed by atoms with Crippen molar-refractivity contribution in [2.24, 2.45) is 5.73 Å². The summed E-state index contributed by atoms with van der Waals surface area (Å²) in [6.45, 7) is 2.71. The largest absolute Gasteiger partial charge is 0.494 e. The number of carboxylic acids is 1. The zero-order valence-electron chi connectivity index (χ0n) is 15.9. The third-order valence-electron chi connectivity index (χ3n) is 4.49. The van der Waals surface area contributed by atoms with Gasteiger partial charge < -0.3 is 32.4 Å². The van der Waals surface area contributed by atoms with Crippen molar-refractivity contribution in [1.29, 1.82) is 0 Å². The summed E-state index contributed by atoms with van der Waals surface area (Å²) >= 11 is 0. The maximum Gasteiger partial charge on any atom is 0.320 e. The molecular formula is C19H23N7O3. The van der Waals surface area contributed by atoms with E-state index in [9.17, 15) is 4.79 Å². The number of nitrogen functional groups attached to an aromatic ring is 2. The van der Waals surface area contributed by atoms with Gasteiger partial charge in [-0.05, 0) is 42.3 Å². The number of carbonyl (C=O) groups is 1. The second-order valence-electron chi connectivity index (χ2n) is 6.53. The summed E-state index contributed by atoms with van der Waals surface area (Å²) in [6, 6.07) is 6.41. The Morgan fingerprint density at radius 1 is 1.24 bits per heavy atom. The van der Waals surface area contributed by atoms with Crippen LogP contribution in [0.1, 0.15) is 17.5 Å². The molecule has 0 amide bonds. The summed E-state index contributed by atoms with van der Waals surface area (Å²) in [5, 5.41) is 12.8. The Bertz CT molecular complexity index is 1020. The zero-order valence-corrected chi connectivity index (χ0v) is 15.9. The van der Waals surface area contributed by atoms with Crippen LogP contribution in [0, 0.1) is 6.92 Å². The number of aryl methyl sites for hydroxylation is 1. The molecule has 0 bridgehead atoms. The first-order valence-corrected chi connectivity index (χ1v) is 8.97. The van der Waals surface area contributed by atoms with Crippen LogP contribution in [-0.4, -0.2) is 38.7 Å². The second-order valence-corrected chi connectivity index (χ2v) is 6.53. The Balaban J connectivity index is 1.61. The number of hydrogen-bond donors (Lipinski definition) is 5. The Morgan fingerprint density at radius 2 is 1.97 bits per heavy atom. The number of anilines is 3. The molecule has 2 heterocycles. The molecule has 0 saturated heterocycles. The Morgan fingerprint density at radius 3 is 2.66 bits per heavy atom. The Hall–Kier alpha value is -3.66. The first kappa shape index (κ1) is 20.1. The van der Waals surface area contributed by atoms with Crippen LogP contribution in [0.5, 0.6) is 5.75 Å². The summed E-state index contributed by atoms with van der Waals surface area (Å²) in [7, 11) is 0. The lowest BCUT2D eigenvalue weighted by Gasteiger charge is -2.13. The van der Waals surface area contributed by atoms with Crippen molar-refractivity contribution in [3.8, 4) is 5.75 Å². The van der Waals surface area contributed by atoms with Gasteiger partial charge >= 0.3 is 5.97 Å². The van der Waals surface area contributed by atoms with E-state index in [1.807, 2.05) is 19.1 Å². The van der Waals surface area contributed by atoms with E-state index >= 15 is 0 Å². The fraction of sp³-hybridized carbons (Fsp3) is 0.263. The molecule has 29 heavy (non-hydrogen) atoms. The van der Waals surface area contributed by atoms with Gasteiger partial charge in [0.1, 0.15) is 17.6 Å². The van der Waals surface area contributed by atoms with E-state index in [0.717, 1.165) is 16.8 Å². The molecule has 3 aromatic rings. The molecule has 0 fully saturated rings. The van der Waals surface area contributed by atoms with Crippen LogP contribution in [0.3, 0.4) is 0 Å². The number of rotatable bonds is 8. The molecule has 3 rings (SSSR count). The topological polar surface area (TPSA) is 175 Å². The van der Waals surface area contributed by atoms with Gasteiger partial charge in [0.05, 0.1) is 12.0 Å². The van der Waals surface area contributed by atoms with E-state index in [2.05, 4.69) is 20.3 Å².